The van der Waals surface area contributed by atoms with E-state index < -0.39 is 86.8 Å². The summed E-state index contributed by atoms with van der Waals surface area (Å²) in [7, 11) is 0. The molecule has 12 atom stereocenters. The van der Waals surface area contributed by atoms with E-state index in [0.29, 0.717) is 0 Å². The van der Waals surface area contributed by atoms with Gasteiger partial charge in [-0.05, 0) is 19.3 Å². The van der Waals surface area contributed by atoms with Gasteiger partial charge in [0.2, 0.25) is 5.91 Å². The minimum absolute atomic E-state index is 0.231. The highest BCUT2D eigenvalue weighted by Crippen LogP contribution is 2.30. The van der Waals surface area contributed by atoms with Crippen LogP contribution in [-0.2, 0) is 23.7 Å². The minimum Gasteiger partial charge on any atom is -0.394 e. The molecule has 2 saturated heterocycles. The Kier molecular flexibility index (Phi) is 56.9. The van der Waals surface area contributed by atoms with Crippen LogP contribution in [0.25, 0.3) is 0 Å². The van der Waals surface area contributed by atoms with Gasteiger partial charge >= 0.3 is 0 Å². The summed E-state index contributed by atoms with van der Waals surface area (Å²) in [5.41, 5.74) is 0. The normalized spacial score (nSPS) is 23.0. The summed E-state index contributed by atoms with van der Waals surface area (Å²) in [5.74, 6) is -0.231. The first-order valence-corrected chi connectivity index (χ1v) is 38.4. The Morgan fingerprint density at radius 2 is 0.697 bits per heavy atom. The number of nitrogens with one attached hydrogen (secondary N) is 1. The summed E-state index contributed by atoms with van der Waals surface area (Å²) >= 11 is 0. The van der Waals surface area contributed by atoms with E-state index in [0.717, 1.165) is 44.9 Å². The standard InChI is InChI=1S/C75H145NO13/c1-3-5-7-9-11-13-15-17-19-21-22-23-24-25-26-27-28-29-30-31-32-33-34-35-36-37-38-39-40-41-42-43-45-47-49-51-53-55-57-59-67(80)76-63(64(79)58-56-54-52-50-48-46-44-20-18-16-14-12-10-8-6-4-2)62-86-74-72(85)70(83)73(66(61-78)88-74)89-75-71(84)69(82)68(81)65(60-77)87-75/h56,58,63-66,68-75,77-79,81-85H,3-55,57,59-62H2,1-2H3,(H,76,80)/b58-56+. The Morgan fingerprint density at radius 1 is 0.393 bits per heavy atom. The third kappa shape index (κ3) is 44.2. The van der Waals surface area contributed by atoms with Crippen LogP contribution in [0.15, 0.2) is 12.2 Å². The van der Waals surface area contributed by atoms with Gasteiger partial charge in [0.1, 0.15) is 48.8 Å². The summed E-state index contributed by atoms with van der Waals surface area (Å²) < 4.78 is 22.9. The Morgan fingerprint density at radius 3 is 1.03 bits per heavy atom. The van der Waals surface area contributed by atoms with Gasteiger partial charge < -0.3 is 65.1 Å². The summed E-state index contributed by atoms with van der Waals surface area (Å²) in [6.07, 6.45) is 58.9. The molecule has 2 aliphatic rings. The molecule has 2 heterocycles. The molecule has 528 valence electrons. The molecule has 9 N–H and O–H groups in total. The van der Waals surface area contributed by atoms with Crippen LogP contribution in [0.4, 0.5) is 0 Å². The number of rotatable bonds is 65. The molecule has 2 aliphatic heterocycles. The van der Waals surface area contributed by atoms with Crippen LogP contribution < -0.4 is 5.32 Å². The maximum absolute atomic E-state index is 13.3. The van der Waals surface area contributed by atoms with Crippen molar-refractivity contribution in [1.82, 2.24) is 5.32 Å². The zero-order chi connectivity index (χ0) is 64.5. The van der Waals surface area contributed by atoms with E-state index in [2.05, 4.69) is 19.2 Å². The predicted octanol–water partition coefficient (Wildman–Crippen LogP) is 16.5. The number of ether oxygens (including phenoxy) is 4. The highest BCUT2D eigenvalue weighted by molar-refractivity contribution is 5.76. The van der Waals surface area contributed by atoms with Crippen molar-refractivity contribution in [2.75, 3.05) is 19.8 Å². The largest absolute Gasteiger partial charge is 0.394 e. The number of carbonyl (C=O) groups excluding carboxylic acids is 1. The topological polar surface area (TPSA) is 228 Å². The van der Waals surface area contributed by atoms with Crippen molar-refractivity contribution < 1.29 is 64.6 Å². The quantitative estimate of drug-likeness (QED) is 0.0204. The van der Waals surface area contributed by atoms with E-state index in [4.69, 9.17) is 18.9 Å². The number of aliphatic hydroxyl groups excluding tert-OH is 8. The predicted molar refractivity (Wildman–Crippen MR) is 365 cm³/mol. The third-order valence-electron chi connectivity index (χ3n) is 19.2. The van der Waals surface area contributed by atoms with Crippen molar-refractivity contribution >= 4 is 5.91 Å². The summed E-state index contributed by atoms with van der Waals surface area (Å²) in [6.45, 7) is 2.85. The minimum atomic E-state index is -1.79. The lowest BCUT2D eigenvalue weighted by Crippen LogP contribution is -2.65. The lowest BCUT2D eigenvalue weighted by Gasteiger charge is -2.46. The van der Waals surface area contributed by atoms with E-state index >= 15 is 0 Å². The zero-order valence-electron chi connectivity index (χ0n) is 57.7. The summed E-state index contributed by atoms with van der Waals surface area (Å²) in [4.78, 5) is 13.3. The first kappa shape index (κ1) is 83.8. The number of carbonyl (C=O) groups is 1. The molecule has 0 bridgehead atoms. The van der Waals surface area contributed by atoms with Gasteiger partial charge in [-0.1, -0.05) is 353 Å². The second kappa shape index (κ2) is 60.4. The number of unbranched alkanes of at least 4 members (excludes halogenated alkanes) is 52. The number of allylic oxidation sites excluding steroid dienone is 1. The maximum atomic E-state index is 13.3. The molecular weight excluding hydrogens is 1120 g/mol. The number of aliphatic hydroxyl groups is 8. The molecule has 0 aliphatic carbocycles. The van der Waals surface area contributed by atoms with Gasteiger partial charge in [-0.2, -0.15) is 0 Å². The number of hydrogen-bond acceptors (Lipinski definition) is 13. The van der Waals surface area contributed by atoms with Crippen LogP contribution in [0.2, 0.25) is 0 Å². The van der Waals surface area contributed by atoms with Gasteiger partial charge in [0.05, 0.1) is 32.0 Å². The van der Waals surface area contributed by atoms with E-state index in [1.54, 1.807) is 6.08 Å². The lowest BCUT2D eigenvalue weighted by atomic mass is 9.97. The SMILES string of the molecule is CCCCCCCCCCCCCCCC/C=C/C(O)C(COC1OC(CO)C(OC2OC(CO)C(O)C(O)C2O)C(O)C1O)NC(=O)CCCCCCCCCCCCCCCCCCCCCCCCCCCCCCCCCCCCCCCCC. The first-order valence-electron chi connectivity index (χ1n) is 38.4. The Labute approximate surface area is 546 Å². The van der Waals surface area contributed by atoms with Gasteiger partial charge in [0.25, 0.3) is 0 Å². The third-order valence-corrected chi connectivity index (χ3v) is 19.2. The second-order valence-electron chi connectivity index (χ2n) is 27.5. The van der Waals surface area contributed by atoms with Crippen LogP contribution in [-0.4, -0.2) is 140 Å². The molecule has 0 saturated carbocycles. The molecule has 14 nitrogen and oxygen atoms in total. The second-order valence-corrected chi connectivity index (χ2v) is 27.5. The van der Waals surface area contributed by atoms with Crippen molar-refractivity contribution in [1.29, 1.82) is 0 Å². The average molecular weight is 1270 g/mol. The van der Waals surface area contributed by atoms with Gasteiger partial charge in [-0.25, -0.2) is 0 Å². The highest BCUT2D eigenvalue weighted by atomic mass is 16.7. The molecule has 0 aromatic heterocycles. The average Bonchev–Trinajstić information content (AvgIpc) is 2.81. The maximum Gasteiger partial charge on any atom is 0.220 e. The fraction of sp³-hybridized carbons (Fsp3) is 0.960. The van der Waals surface area contributed by atoms with Gasteiger partial charge in [-0.15, -0.1) is 0 Å². The molecular formula is C75H145NO13. The molecule has 0 spiro atoms. The molecule has 2 rings (SSSR count). The van der Waals surface area contributed by atoms with Crippen molar-refractivity contribution in [2.45, 2.75) is 441 Å². The van der Waals surface area contributed by atoms with E-state index in [1.807, 2.05) is 6.08 Å². The molecule has 1 amide bonds. The van der Waals surface area contributed by atoms with Crippen molar-refractivity contribution in [3.63, 3.8) is 0 Å². The Balaban J connectivity index is 1.54. The fourth-order valence-corrected chi connectivity index (χ4v) is 13.1. The molecule has 14 heteroatoms. The summed E-state index contributed by atoms with van der Waals surface area (Å²) in [5, 5.41) is 87.4. The molecule has 89 heavy (non-hydrogen) atoms. The van der Waals surface area contributed by atoms with Crippen molar-refractivity contribution in [3.05, 3.63) is 12.2 Å². The first-order chi connectivity index (χ1) is 43.6. The lowest BCUT2D eigenvalue weighted by molar-refractivity contribution is -0.359. The van der Waals surface area contributed by atoms with Crippen molar-refractivity contribution in [3.8, 4) is 0 Å². The smallest absolute Gasteiger partial charge is 0.220 e. The molecule has 0 aromatic carbocycles. The van der Waals surface area contributed by atoms with Crippen LogP contribution in [0, 0.1) is 0 Å². The number of amides is 1. The Bertz CT molecular complexity index is 1540. The van der Waals surface area contributed by atoms with Crippen LogP contribution >= 0.6 is 0 Å². The fourth-order valence-electron chi connectivity index (χ4n) is 13.1. The molecule has 0 aromatic rings. The number of hydrogen-bond donors (Lipinski definition) is 9. The van der Waals surface area contributed by atoms with Crippen LogP contribution in [0.3, 0.4) is 0 Å². The summed E-state index contributed by atoms with van der Waals surface area (Å²) in [6, 6.07) is -0.911. The highest BCUT2D eigenvalue weighted by Gasteiger charge is 2.51. The van der Waals surface area contributed by atoms with Gasteiger partial charge in [0.15, 0.2) is 12.6 Å². The van der Waals surface area contributed by atoms with E-state index in [9.17, 15) is 45.6 Å². The van der Waals surface area contributed by atoms with Crippen LogP contribution in [0.5, 0.6) is 0 Å². The van der Waals surface area contributed by atoms with E-state index in [-0.39, 0.29) is 18.9 Å². The monoisotopic (exact) mass is 1270 g/mol. The van der Waals surface area contributed by atoms with Crippen LogP contribution in [0.1, 0.15) is 367 Å². The molecule has 2 fully saturated rings. The van der Waals surface area contributed by atoms with E-state index in [1.165, 1.54) is 302 Å². The van der Waals surface area contributed by atoms with Gasteiger partial charge in [-0.3, -0.25) is 4.79 Å². The zero-order valence-corrected chi connectivity index (χ0v) is 57.7. The van der Waals surface area contributed by atoms with Crippen molar-refractivity contribution in [2.24, 2.45) is 0 Å². The Hall–Kier alpha value is -1.27. The molecule has 12 unspecified atom stereocenters. The molecule has 0 radical (unpaired) electrons. The van der Waals surface area contributed by atoms with Gasteiger partial charge in [0, 0.05) is 6.42 Å².